The Morgan fingerprint density at radius 2 is 1.89 bits per heavy atom. The van der Waals surface area contributed by atoms with E-state index in [1.54, 1.807) is 0 Å². The number of aryl methyl sites for hydroxylation is 1. The summed E-state index contributed by atoms with van der Waals surface area (Å²) in [7, 11) is 1.94. The number of nitrogens with one attached hydrogen (secondary N) is 1. The van der Waals surface area contributed by atoms with E-state index in [9.17, 15) is 4.79 Å². The Hall–Kier alpha value is -2.53. The molecular formula is C22H28N2O3. The Morgan fingerprint density at radius 3 is 2.63 bits per heavy atom. The lowest BCUT2D eigenvalue weighted by Crippen LogP contribution is -2.30. The summed E-state index contributed by atoms with van der Waals surface area (Å²) in [6.07, 6.45) is 0. The highest BCUT2D eigenvalue weighted by Crippen LogP contribution is 2.31. The molecule has 0 atom stereocenters. The summed E-state index contributed by atoms with van der Waals surface area (Å²) in [5, 5.41) is 3.10. The van der Waals surface area contributed by atoms with E-state index in [1.165, 1.54) is 0 Å². The molecule has 3 rings (SSSR count). The van der Waals surface area contributed by atoms with E-state index < -0.39 is 0 Å². The third kappa shape index (κ3) is 4.80. The highest BCUT2D eigenvalue weighted by molar-refractivity contribution is 5.93. The molecule has 2 aromatic carbocycles. The second-order valence-corrected chi connectivity index (χ2v) is 7.39. The minimum absolute atomic E-state index is 0.00811. The molecule has 5 heteroatoms. The topological polar surface area (TPSA) is 50.8 Å². The Kier molecular flexibility index (Phi) is 6.01. The van der Waals surface area contributed by atoms with Crippen molar-refractivity contribution in [3.05, 3.63) is 53.1 Å². The number of carbonyl (C=O) groups excluding carboxylic acids is 1. The van der Waals surface area contributed by atoms with Gasteiger partial charge >= 0.3 is 0 Å². The van der Waals surface area contributed by atoms with Crippen LogP contribution in [0.5, 0.6) is 11.5 Å². The van der Waals surface area contributed by atoms with Crippen LogP contribution in [-0.2, 0) is 11.3 Å². The SMILES string of the molecule is Cc1cccc(C(C)C)c1NC(=O)CN(C)Cc1ccc2c(c1)OCCO2. The molecule has 144 valence electrons. The summed E-state index contributed by atoms with van der Waals surface area (Å²) in [5.41, 5.74) is 4.28. The van der Waals surface area contributed by atoms with Crippen LogP contribution in [0.3, 0.4) is 0 Å². The minimum Gasteiger partial charge on any atom is -0.486 e. The molecule has 1 aliphatic heterocycles. The number of likely N-dealkylation sites (N-methyl/N-ethyl adjacent to an activating group) is 1. The smallest absolute Gasteiger partial charge is 0.238 e. The van der Waals surface area contributed by atoms with Crippen molar-refractivity contribution >= 4 is 11.6 Å². The molecule has 0 unspecified atom stereocenters. The molecule has 1 heterocycles. The van der Waals surface area contributed by atoms with Crippen molar-refractivity contribution in [2.45, 2.75) is 33.2 Å². The van der Waals surface area contributed by atoms with Crippen molar-refractivity contribution in [3.63, 3.8) is 0 Å². The Balaban J connectivity index is 1.62. The zero-order valence-electron chi connectivity index (χ0n) is 16.5. The van der Waals surface area contributed by atoms with Crippen molar-refractivity contribution in [1.29, 1.82) is 0 Å². The number of rotatable bonds is 6. The molecule has 0 saturated carbocycles. The third-order valence-corrected chi connectivity index (χ3v) is 4.66. The van der Waals surface area contributed by atoms with Crippen molar-refractivity contribution in [3.8, 4) is 11.5 Å². The van der Waals surface area contributed by atoms with Crippen LogP contribution in [0.25, 0.3) is 0 Å². The average molecular weight is 368 g/mol. The first-order valence-electron chi connectivity index (χ1n) is 9.40. The molecule has 0 aliphatic carbocycles. The zero-order chi connectivity index (χ0) is 19.4. The predicted octanol–water partition coefficient (Wildman–Crippen LogP) is 3.96. The molecule has 0 radical (unpaired) electrons. The monoisotopic (exact) mass is 368 g/mol. The normalized spacial score (nSPS) is 13.1. The Labute approximate surface area is 161 Å². The van der Waals surface area contributed by atoms with Crippen LogP contribution >= 0.6 is 0 Å². The summed E-state index contributed by atoms with van der Waals surface area (Å²) in [4.78, 5) is 14.6. The van der Waals surface area contributed by atoms with E-state index in [2.05, 4.69) is 25.2 Å². The quantitative estimate of drug-likeness (QED) is 0.838. The zero-order valence-corrected chi connectivity index (χ0v) is 16.5. The molecule has 0 fully saturated rings. The first kappa shape index (κ1) is 19.2. The van der Waals surface area contributed by atoms with Gasteiger partial charge in [-0.3, -0.25) is 9.69 Å². The van der Waals surface area contributed by atoms with E-state index in [-0.39, 0.29) is 5.91 Å². The fraction of sp³-hybridized carbons (Fsp3) is 0.409. The van der Waals surface area contributed by atoms with Gasteiger partial charge in [0.05, 0.1) is 6.54 Å². The number of benzene rings is 2. The highest BCUT2D eigenvalue weighted by Gasteiger charge is 2.15. The number of ether oxygens (including phenoxy) is 2. The summed E-state index contributed by atoms with van der Waals surface area (Å²) in [5.74, 6) is 1.91. The fourth-order valence-electron chi connectivity index (χ4n) is 3.32. The van der Waals surface area contributed by atoms with Gasteiger partial charge in [-0.05, 0) is 48.7 Å². The van der Waals surface area contributed by atoms with Crippen LogP contribution in [0.2, 0.25) is 0 Å². The van der Waals surface area contributed by atoms with Crippen molar-refractivity contribution in [2.75, 3.05) is 32.1 Å². The molecule has 0 bridgehead atoms. The molecule has 0 spiro atoms. The number of fused-ring (bicyclic) bond motifs is 1. The molecule has 0 saturated heterocycles. The molecule has 27 heavy (non-hydrogen) atoms. The molecule has 5 nitrogen and oxygen atoms in total. The van der Waals surface area contributed by atoms with Crippen LogP contribution in [0, 0.1) is 6.92 Å². The van der Waals surface area contributed by atoms with Crippen LogP contribution in [0.1, 0.15) is 36.5 Å². The largest absolute Gasteiger partial charge is 0.486 e. The average Bonchev–Trinajstić information content (AvgIpc) is 2.63. The van der Waals surface area contributed by atoms with Gasteiger partial charge in [-0.15, -0.1) is 0 Å². The number of hydrogen-bond acceptors (Lipinski definition) is 4. The predicted molar refractivity (Wildman–Crippen MR) is 108 cm³/mol. The van der Waals surface area contributed by atoms with Crippen LogP contribution in [-0.4, -0.2) is 37.6 Å². The first-order valence-corrected chi connectivity index (χ1v) is 9.40. The highest BCUT2D eigenvalue weighted by atomic mass is 16.6. The van der Waals surface area contributed by atoms with E-state index in [0.717, 1.165) is 33.9 Å². The van der Waals surface area contributed by atoms with Gasteiger partial charge in [0.2, 0.25) is 5.91 Å². The van der Waals surface area contributed by atoms with Gasteiger partial charge in [0.15, 0.2) is 11.5 Å². The van der Waals surface area contributed by atoms with Crippen molar-refractivity contribution < 1.29 is 14.3 Å². The molecule has 1 aliphatic rings. The summed E-state index contributed by atoms with van der Waals surface area (Å²) >= 11 is 0. The second-order valence-electron chi connectivity index (χ2n) is 7.39. The van der Waals surface area contributed by atoms with Gasteiger partial charge in [0, 0.05) is 12.2 Å². The van der Waals surface area contributed by atoms with E-state index in [0.29, 0.717) is 32.2 Å². The van der Waals surface area contributed by atoms with Gasteiger partial charge < -0.3 is 14.8 Å². The lowest BCUT2D eigenvalue weighted by atomic mass is 9.98. The second kappa shape index (κ2) is 8.44. The van der Waals surface area contributed by atoms with E-state index >= 15 is 0 Å². The summed E-state index contributed by atoms with van der Waals surface area (Å²) in [6.45, 7) is 8.44. The van der Waals surface area contributed by atoms with Crippen molar-refractivity contribution in [1.82, 2.24) is 4.90 Å². The first-order chi connectivity index (χ1) is 12.9. The van der Waals surface area contributed by atoms with E-state index in [1.807, 2.05) is 49.2 Å². The lowest BCUT2D eigenvalue weighted by Gasteiger charge is -2.21. The van der Waals surface area contributed by atoms with Gasteiger partial charge in [-0.25, -0.2) is 0 Å². The number of anilines is 1. The fourth-order valence-corrected chi connectivity index (χ4v) is 3.32. The Bertz CT molecular complexity index is 817. The van der Waals surface area contributed by atoms with Gasteiger partial charge in [0.1, 0.15) is 13.2 Å². The molecule has 1 amide bonds. The lowest BCUT2D eigenvalue weighted by molar-refractivity contribution is -0.117. The molecule has 0 aromatic heterocycles. The Morgan fingerprint density at radius 1 is 1.15 bits per heavy atom. The maximum absolute atomic E-state index is 12.6. The standard InChI is InChI=1S/C22H28N2O3/c1-15(2)18-7-5-6-16(3)22(18)23-21(25)14-24(4)13-17-8-9-19-20(12-17)27-11-10-26-19/h5-9,12,15H,10-11,13-14H2,1-4H3,(H,23,25). The van der Waals surface area contributed by atoms with Gasteiger partial charge in [-0.2, -0.15) is 0 Å². The molecule has 2 aromatic rings. The molecular weight excluding hydrogens is 340 g/mol. The minimum atomic E-state index is -0.00811. The van der Waals surface area contributed by atoms with Crippen LogP contribution in [0.4, 0.5) is 5.69 Å². The number of para-hydroxylation sites is 1. The van der Waals surface area contributed by atoms with Gasteiger partial charge in [0.25, 0.3) is 0 Å². The number of amides is 1. The van der Waals surface area contributed by atoms with E-state index in [4.69, 9.17) is 9.47 Å². The maximum atomic E-state index is 12.6. The maximum Gasteiger partial charge on any atom is 0.238 e. The number of nitrogens with zero attached hydrogens (tertiary/aromatic N) is 1. The van der Waals surface area contributed by atoms with Gasteiger partial charge in [-0.1, -0.05) is 38.1 Å². The van der Waals surface area contributed by atoms with Crippen LogP contribution < -0.4 is 14.8 Å². The number of carbonyl (C=O) groups is 1. The number of hydrogen-bond donors (Lipinski definition) is 1. The van der Waals surface area contributed by atoms with Crippen molar-refractivity contribution in [2.24, 2.45) is 0 Å². The third-order valence-electron chi connectivity index (χ3n) is 4.66. The summed E-state index contributed by atoms with van der Waals surface area (Å²) < 4.78 is 11.2. The van der Waals surface area contributed by atoms with Crippen LogP contribution in [0.15, 0.2) is 36.4 Å². The molecule has 1 N–H and O–H groups in total. The summed E-state index contributed by atoms with van der Waals surface area (Å²) in [6, 6.07) is 12.1.